The van der Waals surface area contributed by atoms with Crippen molar-refractivity contribution >= 4 is 22.6 Å². The van der Waals surface area contributed by atoms with E-state index in [1.54, 1.807) is 0 Å². The molecule has 0 aliphatic heterocycles. The molecule has 0 saturated carbocycles. The molecule has 0 heterocycles. The number of amides is 1. The van der Waals surface area contributed by atoms with Gasteiger partial charge in [-0.3, -0.25) is 14.5 Å². The second-order valence-corrected chi connectivity index (χ2v) is 5.16. The summed E-state index contributed by atoms with van der Waals surface area (Å²) in [6.45, 7) is 3.20. The average Bonchev–Trinajstić information content (AvgIpc) is 2.52. The molecular formula is C17H20N2O3. The standard InChI is InChI=1S/C17H20N2O3/c1-2-19(12-16(20)18-10-17(21)22)11-13-7-8-14-5-3-4-6-15(14)9-13/h3-9H,2,10-12H2,1H3,(H,18,20)(H,21,22). The summed E-state index contributed by atoms with van der Waals surface area (Å²) < 4.78 is 0. The van der Waals surface area contributed by atoms with Gasteiger partial charge in [-0.1, -0.05) is 43.3 Å². The molecule has 0 aromatic heterocycles. The Hall–Kier alpha value is -2.40. The van der Waals surface area contributed by atoms with E-state index in [2.05, 4.69) is 35.6 Å². The minimum atomic E-state index is -1.04. The van der Waals surface area contributed by atoms with Crippen LogP contribution in [0.4, 0.5) is 0 Å². The number of carboxylic acid groups (broad SMARTS) is 1. The van der Waals surface area contributed by atoms with Crippen molar-refractivity contribution in [2.24, 2.45) is 0 Å². The van der Waals surface area contributed by atoms with Gasteiger partial charge in [-0.25, -0.2) is 0 Å². The molecule has 116 valence electrons. The van der Waals surface area contributed by atoms with Crippen molar-refractivity contribution in [3.8, 4) is 0 Å². The van der Waals surface area contributed by atoms with Crippen LogP contribution in [0.15, 0.2) is 42.5 Å². The lowest BCUT2D eigenvalue weighted by Crippen LogP contribution is -2.38. The van der Waals surface area contributed by atoms with Crippen LogP contribution in [0, 0.1) is 0 Å². The molecule has 0 radical (unpaired) electrons. The largest absolute Gasteiger partial charge is 0.480 e. The van der Waals surface area contributed by atoms with Gasteiger partial charge in [0.05, 0.1) is 6.54 Å². The molecule has 0 aliphatic carbocycles. The highest BCUT2D eigenvalue weighted by molar-refractivity contribution is 5.83. The molecule has 1 amide bonds. The lowest BCUT2D eigenvalue weighted by atomic mass is 10.1. The van der Waals surface area contributed by atoms with E-state index in [0.29, 0.717) is 13.1 Å². The molecule has 0 unspecified atom stereocenters. The minimum absolute atomic E-state index is 0.191. The number of carboxylic acids is 1. The highest BCUT2D eigenvalue weighted by Crippen LogP contribution is 2.16. The van der Waals surface area contributed by atoms with Crippen molar-refractivity contribution in [3.63, 3.8) is 0 Å². The number of aliphatic carboxylic acids is 1. The van der Waals surface area contributed by atoms with Crippen molar-refractivity contribution in [3.05, 3.63) is 48.0 Å². The molecule has 2 rings (SSSR count). The Bertz CT molecular complexity index is 670. The number of carbonyl (C=O) groups excluding carboxylic acids is 1. The molecular weight excluding hydrogens is 280 g/mol. The Morgan fingerprint density at radius 2 is 1.86 bits per heavy atom. The molecule has 5 heteroatoms. The lowest BCUT2D eigenvalue weighted by Gasteiger charge is -2.20. The number of hydrogen-bond donors (Lipinski definition) is 2. The highest BCUT2D eigenvalue weighted by Gasteiger charge is 2.10. The zero-order valence-corrected chi connectivity index (χ0v) is 12.6. The second-order valence-electron chi connectivity index (χ2n) is 5.16. The van der Waals surface area contributed by atoms with E-state index >= 15 is 0 Å². The van der Waals surface area contributed by atoms with Gasteiger partial charge in [-0.05, 0) is 28.9 Å². The van der Waals surface area contributed by atoms with Crippen molar-refractivity contribution in [2.45, 2.75) is 13.5 Å². The van der Waals surface area contributed by atoms with Gasteiger partial charge >= 0.3 is 5.97 Å². The zero-order valence-electron chi connectivity index (χ0n) is 12.6. The molecule has 22 heavy (non-hydrogen) atoms. The fraction of sp³-hybridized carbons (Fsp3) is 0.294. The first kappa shape index (κ1) is 16.0. The van der Waals surface area contributed by atoms with E-state index in [1.807, 2.05) is 24.0 Å². The van der Waals surface area contributed by atoms with Crippen LogP contribution in [-0.2, 0) is 16.1 Å². The third-order valence-electron chi connectivity index (χ3n) is 3.47. The first-order valence-corrected chi connectivity index (χ1v) is 7.27. The average molecular weight is 300 g/mol. The molecule has 2 aromatic carbocycles. The summed E-state index contributed by atoms with van der Waals surface area (Å²) in [7, 11) is 0. The SMILES string of the molecule is CCN(CC(=O)NCC(=O)O)Cc1ccc2ccccc2c1. The monoisotopic (exact) mass is 300 g/mol. The topological polar surface area (TPSA) is 69.6 Å². The second kappa shape index (κ2) is 7.56. The minimum Gasteiger partial charge on any atom is -0.480 e. The fourth-order valence-electron chi connectivity index (χ4n) is 2.31. The van der Waals surface area contributed by atoms with Gasteiger partial charge in [0.25, 0.3) is 0 Å². The lowest BCUT2D eigenvalue weighted by molar-refractivity contribution is -0.138. The maximum atomic E-state index is 11.7. The summed E-state index contributed by atoms with van der Waals surface area (Å²) in [5.74, 6) is -1.31. The number of hydrogen-bond acceptors (Lipinski definition) is 3. The summed E-state index contributed by atoms with van der Waals surface area (Å²) in [5.41, 5.74) is 1.13. The highest BCUT2D eigenvalue weighted by atomic mass is 16.4. The maximum Gasteiger partial charge on any atom is 0.322 e. The van der Waals surface area contributed by atoms with Gasteiger partial charge in [-0.15, -0.1) is 0 Å². The Morgan fingerprint density at radius 3 is 2.55 bits per heavy atom. The summed E-state index contributed by atoms with van der Waals surface area (Å²) in [5, 5.41) is 13.3. The molecule has 2 N–H and O–H groups in total. The van der Waals surface area contributed by atoms with Gasteiger partial charge < -0.3 is 10.4 Å². The van der Waals surface area contributed by atoms with Crippen LogP contribution in [0.25, 0.3) is 10.8 Å². The number of benzene rings is 2. The predicted molar refractivity (Wildman–Crippen MR) is 85.5 cm³/mol. The van der Waals surface area contributed by atoms with E-state index < -0.39 is 5.97 Å². The van der Waals surface area contributed by atoms with Gasteiger partial charge in [0.15, 0.2) is 0 Å². The number of nitrogens with one attached hydrogen (secondary N) is 1. The van der Waals surface area contributed by atoms with Crippen molar-refractivity contribution in [1.29, 1.82) is 0 Å². The molecule has 0 bridgehead atoms. The summed E-state index contributed by atoms with van der Waals surface area (Å²) in [6, 6.07) is 14.4. The molecule has 0 spiro atoms. The van der Waals surface area contributed by atoms with Gasteiger partial charge in [0, 0.05) is 6.54 Å². The Morgan fingerprint density at radius 1 is 1.14 bits per heavy atom. The van der Waals surface area contributed by atoms with Crippen molar-refractivity contribution < 1.29 is 14.7 Å². The van der Waals surface area contributed by atoms with Crippen molar-refractivity contribution in [2.75, 3.05) is 19.6 Å². The fourth-order valence-corrected chi connectivity index (χ4v) is 2.31. The first-order chi connectivity index (χ1) is 10.6. The van der Waals surface area contributed by atoms with E-state index in [0.717, 1.165) is 5.56 Å². The summed E-state index contributed by atoms with van der Waals surface area (Å²) >= 11 is 0. The van der Waals surface area contributed by atoms with Crippen molar-refractivity contribution in [1.82, 2.24) is 10.2 Å². The van der Waals surface area contributed by atoms with Crippen LogP contribution < -0.4 is 5.32 Å². The molecule has 0 aliphatic rings. The molecule has 0 fully saturated rings. The number of rotatable bonds is 7. The Balaban J connectivity index is 1.99. The smallest absolute Gasteiger partial charge is 0.322 e. The van der Waals surface area contributed by atoms with Gasteiger partial charge in [0.1, 0.15) is 6.54 Å². The van der Waals surface area contributed by atoms with Crippen LogP contribution in [0.1, 0.15) is 12.5 Å². The van der Waals surface area contributed by atoms with Gasteiger partial charge in [0.2, 0.25) is 5.91 Å². The number of likely N-dealkylation sites (N-methyl/N-ethyl adjacent to an activating group) is 1. The summed E-state index contributed by atoms with van der Waals surface area (Å²) in [6.07, 6.45) is 0. The van der Waals surface area contributed by atoms with E-state index in [4.69, 9.17) is 5.11 Å². The number of nitrogens with zero attached hydrogens (tertiary/aromatic N) is 1. The quantitative estimate of drug-likeness (QED) is 0.819. The third-order valence-corrected chi connectivity index (χ3v) is 3.47. The molecule has 0 saturated heterocycles. The zero-order chi connectivity index (χ0) is 15.9. The molecule has 0 atom stereocenters. The van der Waals surface area contributed by atoms with E-state index in [-0.39, 0.29) is 19.0 Å². The summed E-state index contributed by atoms with van der Waals surface area (Å²) in [4.78, 5) is 24.1. The predicted octanol–water partition coefficient (Wildman–Crippen LogP) is 1.86. The molecule has 5 nitrogen and oxygen atoms in total. The maximum absolute atomic E-state index is 11.7. The number of fused-ring (bicyclic) bond motifs is 1. The van der Waals surface area contributed by atoms with E-state index in [9.17, 15) is 9.59 Å². The van der Waals surface area contributed by atoms with Crippen LogP contribution in [0.5, 0.6) is 0 Å². The van der Waals surface area contributed by atoms with Crippen LogP contribution >= 0.6 is 0 Å². The third kappa shape index (κ3) is 4.56. The first-order valence-electron chi connectivity index (χ1n) is 7.27. The Kier molecular flexibility index (Phi) is 5.49. The van der Waals surface area contributed by atoms with Crippen LogP contribution in [-0.4, -0.2) is 41.5 Å². The van der Waals surface area contributed by atoms with E-state index in [1.165, 1.54) is 10.8 Å². The molecule has 2 aromatic rings. The van der Waals surface area contributed by atoms with Crippen LogP contribution in [0.3, 0.4) is 0 Å². The van der Waals surface area contributed by atoms with Gasteiger partial charge in [-0.2, -0.15) is 0 Å². The normalized spacial score (nSPS) is 10.8. The Labute approximate surface area is 129 Å². The number of carbonyl (C=O) groups is 2. The van der Waals surface area contributed by atoms with Crippen LogP contribution in [0.2, 0.25) is 0 Å².